The number of carbonyl (C=O) groups excluding carboxylic acids is 2. The molecule has 0 aromatic rings. The number of rotatable bonds is 6. The second kappa shape index (κ2) is 30.5. The van der Waals surface area contributed by atoms with Crippen LogP contribution in [0.3, 0.4) is 0 Å². The van der Waals surface area contributed by atoms with Crippen molar-refractivity contribution in [3.8, 4) is 0 Å². The Kier molecular flexibility index (Phi) is 26.1. The highest BCUT2D eigenvalue weighted by atomic mass is 16.7. The topological polar surface area (TPSA) is 309 Å². The molecule has 19 heteroatoms. The molecule has 0 amide bonds. The fraction of sp³-hybridized carbons (Fsp3) is 0.627. The zero-order valence-electron chi connectivity index (χ0n) is 40.4. The molecule has 3 aliphatic heterocycles. The number of hydrogen-bond acceptors (Lipinski definition) is 18. The van der Waals surface area contributed by atoms with Crippen LogP contribution in [0.15, 0.2) is 97.7 Å². The van der Waals surface area contributed by atoms with Gasteiger partial charge in [-0.1, -0.05) is 112 Å². The van der Waals surface area contributed by atoms with Crippen molar-refractivity contribution in [3.05, 3.63) is 97.7 Å². The van der Waals surface area contributed by atoms with E-state index in [0.717, 1.165) is 0 Å². The molecule has 0 unspecified atom stereocenters. The molecule has 18 atom stereocenters. The summed E-state index contributed by atoms with van der Waals surface area (Å²) in [7, 11) is 0. The fourth-order valence-electron chi connectivity index (χ4n) is 8.23. The Bertz CT molecular complexity index is 1830. The number of aliphatic hydroxyl groups excluding tert-OH is 8. The summed E-state index contributed by atoms with van der Waals surface area (Å²) < 4.78 is 33.8. The van der Waals surface area contributed by atoms with Crippen LogP contribution in [0.1, 0.15) is 85.5 Å². The van der Waals surface area contributed by atoms with Gasteiger partial charge in [0.05, 0.1) is 67.5 Å². The lowest BCUT2D eigenvalue weighted by molar-refractivity contribution is -0.308. The lowest BCUT2D eigenvalue weighted by atomic mass is 9.82. The summed E-state index contributed by atoms with van der Waals surface area (Å²) in [6, 6.07) is 0. The average molecular weight is 993 g/mol. The second-order valence-electron chi connectivity index (χ2n) is 18.3. The first kappa shape index (κ1) is 60.0. The van der Waals surface area contributed by atoms with Crippen molar-refractivity contribution < 1.29 is 93.9 Å². The van der Waals surface area contributed by atoms with Crippen molar-refractivity contribution >= 4 is 18.1 Å². The lowest BCUT2D eigenvalue weighted by Crippen LogP contribution is -2.57. The fourth-order valence-corrected chi connectivity index (χ4v) is 8.23. The summed E-state index contributed by atoms with van der Waals surface area (Å²) in [5, 5.41) is 108. The van der Waals surface area contributed by atoms with Gasteiger partial charge in [-0.15, -0.1) is 0 Å². The number of aliphatic hydroxyl groups is 9. The molecule has 0 aliphatic carbocycles. The van der Waals surface area contributed by atoms with E-state index in [1.165, 1.54) is 12.2 Å². The van der Waals surface area contributed by atoms with Crippen molar-refractivity contribution in [1.29, 1.82) is 0 Å². The molecule has 2 saturated heterocycles. The third kappa shape index (κ3) is 21.2. The highest BCUT2D eigenvalue weighted by molar-refractivity contribution is 5.72. The molecular formula is C51H76O19. The van der Waals surface area contributed by atoms with Gasteiger partial charge in [0.25, 0.3) is 0 Å². The monoisotopic (exact) mass is 992 g/mol. The van der Waals surface area contributed by atoms with Crippen LogP contribution in [0.5, 0.6) is 0 Å². The van der Waals surface area contributed by atoms with Gasteiger partial charge in [0.2, 0.25) is 0 Å². The van der Waals surface area contributed by atoms with E-state index in [1.807, 2.05) is 13.0 Å². The summed E-state index contributed by atoms with van der Waals surface area (Å²) in [4.78, 5) is 38.3. The van der Waals surface area contributed by atoms with Crippen LogP contribution in [0.4, 0.5) is 4.79 Å². The first-order chi connectivity index (χ1) is 33.1. The summed E-state index contributed by atoms with van der Waals surface area (Å²) in [6.45, 7) is 9.97. The van der Waals surface area contributed by atoms with E-state index < -0.39 is 147 Å². The summed E-state index contributed by atoms with van der Waals surface area (Å²) in [6.07, 6.45) is 3.42. The average Bonchev–Trinajstić information content (AvgIpc) is 3.27. The van der Waals surface area contributed by atoms with Crippen molar-refractivity contribution in [1.82, 2.24) is 0 Å². The van der Waals surface area contributed by atoms with Gasteiger partial charge in [-0.2, -0.15) is 0 Å². The standard InChI is InChI=1S/C51H76O19/c1-6-23-65-50(63)69-44-30-51(64)29-37(54)25-41(57)39(55)22-21-35(52)24-36(53)26-45(59)66-33(4)32(3)47(60)31(2)19-17-15-13-11-9-7-8-10-12-14-16-18-20-38(27-43(70-51)46(44)48(61)62)68-49-42(58)28-40(56)34(5)67-49/h6-20,31-44,46-47,49,52-58,60,64H,1,21-30H2,2-5H3,(H,61,62)/b8-7+,11-9+,12-10+,15-13+,16-14+,19-17+,20-18+/t31-,32-,33-,34+,35+,36+,37-,38-,39+,40-,41+,42-,43-,44-,46-,47+,49-,51+/m0/s1. The molecule has 10 N–H and O–H groups in total. The predicted molar refractivity (Wildman–Crippen MR) is 254 cm³/mol. The Hall–Kier alpha value is -4.35. The SMILES string of the molecule is C=CCOC(=O)O[C@H]1C[C@@]2(O)C[C@@H](O)C[C@@H](O)[C@H](O)CC[C@@H](O)C[C@@H](O)CC(=O)O[C@@H](C)[C@H](C)[C@H](O)[C@@H](C)/C=C/C=C/C=C/C=C/C=C/C=C/C=C/[C@H](O[C@@H]3O[C@H](C)[C@@H](O)C[C@@H]3O)C[C@H](O2)[C@@H]1C(=O)O. The molecule has 0 aromatic carbocycles. The molecule has 0 aromatic heterocycles. The quantitative estimate of drug-likeness (QED) is 0.135. The van der Waals surface area contributed by atoms with Gasteiger partial charge in [0, 0.05) is 43.9 Å². The minimum atomic E-state index is -2.42. The van der Waals surface area contributed by atoms with Crippen LogP contribution in [-0.4, -0.2) is 167 Å². The third-order valence-electron chi connectivity index (χ3n) is 12.4. The Balaban J connectivity index is 1.95. The number of carboxylic acid groups (broad SMARTS) is 1. The first-order valence-corrected chi connectivity index (χ1v) is 23.8. The van der Waals surface area contributed by atoms with Crippen LogP contribution in [-0.2, 0) is 38.0 Å². The number of carboxylic acids is 1. The maximum atomic E-state index is 12.9. The van der Waals surface area contributed by atoms with Gasteiger partial charge < -0.3 is 79.5 Å². The Labute approximate surface area is 410 Å². The molecule has 0 saturated carbocycles. The molecule has 0 spiro atoms. The maximum Gasteiger partial charge on any atom is 0.508 e. The minimum Gasteiger partial charge on any atom is -0.481 e. The van der Waals surface area contributed by atoms with Crippen molar-refractivity contribution in [2.45, 2.75) is 177 Å². The van der Waals surface area contributed by atoms with Crippen molar-refractivity contribution in [2.75, 3.05) is 6.61 Å². The molecular weight excluding hydrogens is 917 g/mol. The number of hydrogen-bond donors (Lipinski definition) is 10. The van der Waals surface area contributed by atoms with Crippen LogP contribution in [0, 0.1) is 17.8 Å². The van der Waals surface area contributed by atoms with E-state index in [0.29, 0.717) is 0 Å². The number of carbonyl (C=O) groups is 3. The molecule has 19 nitrogen and oxygen atoms in total. The summed E-state index contributed by atoms with van der Waals surface area (Å²) >= 11 is 0. The van der Waals surface area contributed by atoms with Crippen LogP contribution < -0.4 is 0 Å². The van der Waals surface area contributed by atoms with E-state index in [2.05, 4.69) is 6.58 Å². The molecule has 2 fully saturated rings. The summed E-state index contributed by atoms with van der Waals surface area (Å²) in [5.74, 6) is -7.06. The molecule has 3 heterocycles. The Morgan fingerprint density at radius 2 is 1.31 bits per heavy atom. The number of allylic oxidation sites excluding steroid dienone is 12. The Morgan fingerprint density at radius 3 is 1.91 bits per heavy atom. The lowest BCUT2D eigenvalue weighted by Gasteiger charge is -2.45. The molecule has 0 radical (unpaired) electrons. The normalized spacial score (nSPS) is 41.8. The van der Waals surface area contributed by atoms with Gasteiger partial charge in [-0.05, 0) is 33.1 Å². The maximum absolute atomic E-state index is 12.9. The third-order valence-corrected chi connectivity index (χ3v) is 12.4. The molecule has 3 aliphatic rings. The zero-order chi connectivity index (χ0) is 52.0. The van der Waals surface area contributed by atoms with Gasteiger partial charge in [-0.3, -0.25) is 9.59 Å². The number of esters is 1. The van der Waals surface area contributed by atoms with Gasteiger partial charge >= 0.3 is 18.1 Å². The predicted octanol–water partition coefficient (Wildman–Crippen LogP) is 3.12. The Morgan fingerprint density at radius 1 is 0.714 bits per heavy atom. The molecule has 70 heavy (non-hydrogen) atoms. The molecule has 394 valence electrons. The molecule has 2 bridgehead atoms. The summed E-state index contributed by atoms with van der Waals surface area (Å²) in [5.41, 5.74) is 0. The van der Waals surface area contributed by atoms with E-state index >= 15 is 0 Å². The number of aliphatic carboxylic acids is 1. The van der Waals surface area contributed by atoms with Crippen molar-refractivity contribution in [2.24, 2.45) is 17.8 Å². The van der Waals surface area contributed by atoms with E-state index in [1.54, 1.807) is 93.7 Å². The highest BCUT2D eigenvalue weighted by Crippen LogP contribution is 2.40. The number of ether oxygens (including phenoxy) is 6. The van der Waals surface area contributed by atoms with Crippen LogP contribution >= 0.6 is 0 Å². The smallest absolute Gasteiger partial charge is 0.481 e. The second-order valence-corrected chi connectivity index (χ2v) is 18.3. The number of fused-ring (bicyclic) bond motifs is 2. The molecule has 3 rings (SSSR count). The minimum absolute atomic E-state index is 0.0908. The van der Waals surface area contributed by atoms with E-state index in [4.69, 9.17) is 28.4 Å². The van der Waals surface area contributed by atoms with E-state index in [9.17, 15) is 65.4 Å². The zero-order valence-corrected chi connectivity index (χ0v) is 40.4. The van der Waals surface area contributed by atoms with Crippen LogP contribution in [0.25, 0.3) is 0 Å². The highest BCUT2D eigenvalue weighted by Gasteiger charge is 2.53. The van der Waals surface area contributed by atoms with Crippen LogP contribution in [0.2, 0.25) is 0 Å². The van der Waals surface area contributed by atoms with Gasteiger partial charge in [0.15, 0.2) is 12.1 Å². The van der Waals surface area contributed by atoms with E-state index in [-0.39, 0.29) is 44.6 Å². The van der Waals surface area contributed by atoms with Gasteiger partial charge in [-0.25, -0.2) is 4.79 Å². The van der Waals surface area contributed by atoms with Gasteiger partial charge in [0.1, 0.15) is 30.8 Å². The van der Waals surface area contributed by atoms with Crippen molar-refractivity contribution in [3.63, 3.8) is 0 Å². The first-order valence-electron chi connectivity index (χ1n) is 23.8. The largest absolute Gasteiger partial charge is 0.508 e. The number of cyclic esters (lactones) is 1.